The summed E-state index contributed by atoms with van der Waals surface area (Å²) in [6.07, 6.45) is -2.32. The molecule has 0 aliphatic carbocycles. The van der Waals surface area contributed by atoms with Gasteiger partial charge in [-0.05, 0) is 24.5 Å². The Morgan fingerprint density at radius 3 is 2.29 bits per heavy atom. The molecular formula is C10H12F3N. The molecule has 1 aromatic heterocycles. The van der Waals surface area contributed by atoms with Crippen LogP contribution in [0.4, 0.5) is 13.2 Å². The second-order valence-corrected chi connectivity index (χ2v) is 3.04. The van der Waals surface area contributed by atoms with E-state index in [-0.39, 0.29) is 0 Å². The second kappa shape index (κ2) is 3.98. The van der Waals surface area contributed by atoms with Gasteiger partial charge in [0.1, 0.15) is 0 Å². The van der Waals surface area contributed by atoms with Gasteiger partial charge in [0.2, 0.25) is 0 Å². The first-order valence-electron chi connectivity index (χ1n) is 4.54. The van der Waals surface area contributed by atoms with Gasteiger partial charge < -0.3 is 0 Å². The molecule has 1 rings (SSSR count). The number of aromatic nitrogens is 1. The average Bonchev–Trinajstić information content (AvgIpc) is 2.15. The number of halogens is 3. The van der Waals surface area contributed by atoms with Crippen molar-refractivity contribution in [2.24, 2.45) is 0 Å². The van der Waals surface area contributed by atoms with Gasteiger partial charge in [-0.1, -0.05) is 13.8 Å². The van der Waals surface area contributed by atoms with Crippen molar-refractivity contribution in [3.63, 3.8) is 0 Å². The number of nitrogens with zero attached hydrogens (tertiary/aromatic N) is 1. The number of hydrogen-bond acceptors (Lipinski definition) is 1. The maximum absolute atomic E-state index is 12.4. The maximum atomic E-state index is 12.4. The normalized spacial score (nSPS) is 11.8. The van der Waals surface area contributed by atoms with E-state index in [9.17, 15) is 13.2 Å². The molecule has 0 amide bonds. The zero-order valence-electron chi connectivity index (χ0n) is 8.15. The highest BCUT2D eigenvalue weighted by Crippen LogP contribution is 2.31. The van der Waals surface area contributed by atoms with E-state index in [1.807, 2.05) is 6.92 Å². The lowest BCUT2D eigenvalue weighted by molar-refractivity contribution is -0.138. The van der Waals surface area contributed by atoms with E-state index in [0.717, 1.165) is 6.20 Å². The van der Waals surface area contributed by atoms with Gasteiger partial charge in [0.25, 0.3) is 0 Å². The molecule has 0 saturated carbocycles. The predicted octanol–water partition coefficient (Wildman–Crippen LogP) is 3.23. The largest absolute Gasteiger partial charge is 0.418 e. The predicted molar refractivity (Wildman–Crippen MR) is 48.0 cm³/mol. The summed E-state index contributed by atoms with van der Waals surface area (Å²) < 4.78 is 37.3. The monoisotopic (exact) mass is 203 g/mol. The fourth-order valence-electron chi connectivity index (χ4n) is 1.29. The van der Waals surface area contributed by atoms with E-state index < -0.39 is 11.7 Å². The molecule has 0 unspecified atom stereocenters. The van der Waals surface area contributed by atoms with Crippen LogP contribution in [-0.4, -0.2) is 4.98 Å². The SMILES string of the molecule is CCc1cc(CC)c(C(F)(F)F)cn1. The van der Waals surface area contributed by atoms with Gasteiger partial charge in [0, 0.05) is 11.9 Å². The zero-order valence-corrected chi connectivity index (χ0v) is 8.15. The minimum atomic E-state index is -4.29. The third-order valence-corrected chi connectivity index (χ3v) is 2.09. The molecule has 0 aliphatic heterocycles. The van der Waals surface area contributed by atoms with Crippen LogP contribution in [0.15, 0.2) is 12.3 Å². The third-order valence-electron chi connectivity index (χ3n) is 2.09. The molecule has 14 heavy (non-hydrogen) atoms. The highest BCUT2D eigenvalue weighted by Gasteiger charge is 2.33. The van der Waals surface area contributed by atoms with Gasteiger partial charge in [-0.2, -0.15) is 13.2 Å². The first-order valence-corrected chi connectivity index (χ1v) is 4.54. The zero-order chi connectivity index (χ0) is 10.8. The molecule has 1 nitrogen and oxygen atoms in total. The van der Waals surface area contributed by atoms with Crippen molar-refractivity contribution < 1.29 is 13.2 Å². The van der Waals surface area contributed by atoms with Crippen molar-refractivity contribution in [3.05, 3.63) is 29.1 Å². The van der Waals surface area contributed by atoms with Gasteiger partial charge in [0.15, 0.2) is 0 Å². The summed E-state index contributed by atoms with van der Waals surface area (Å²) in [5.74, 6) is 0. The lowest BCUT2D eigenvalue weighted by Crippen LogP contribution is -2.10. The quantitative estimate of drug-likeness (QED) is 0.719. The van der Waals surface area contributed by atoms with Crippen LogP contribution in [0, 0.1) is 0 Å². The van der Waals surface area contributed by atoms with Crippen molar-refractivity contribution in [1.29, 1.82) is 0 Å². The molecule has 0 radical (unpaired) electrons. The molecule has 0 spiro atoms. The first kappa shape index (κ1) is 11.0. The Morgan fingerprint density at radius 1 is 1.21 bits per heavy atom. The summed E-state index contributed by atoms with van der Waals surface area (Å²) >= 11 is 0. The molecule has 0 saturated heterocycles. The van der Waals surface area contributed by atoms with Crippen LogP contribution < -0.4 is 0 Å². The molecule has 78 valence electrons. The second-order valence-electron chi connectivity index (χ2n) is 3.04. The van der Waals surface area contributed by atoms with Gasteiger partial charge in [-0.3, -0.25) is 4.98 Å². The van der Waals surface area contributed by atoms with Crippen molar-refractivity contribution in [2.75, 3.05) is 0 Å². The molecule has 1 heterocycles. The van der Waals surface area contributed by atoms with Gasteiger partial charge >= 0.3 is 6.18 Å². The number of hydrogen-bond donors (Lipinski definition) is 0. The Morgan fingerprint density at radius 2 is 1.86 bits per heavy atom. The number of aryl methyl sites for hydroxylation is 2. The van der Waals surface area contributed by atoms with E-state index in [0.29, 0.717) is 24.1 Å². The topological polar surface area (TPSA) is 12.9 Å². The summed E-state index contributed by atoms with van der Waals surface area (Å²) in [5.41, 5.74) is 0.413. The minimum Gasteiger partial charge on any atom is -0.261 e. The molecule has 0 bridgehead atoms. The van der Waals surface area contributed by atoms with Crippen molar-refractivity contribution >= 4 is 0 Å². The van der Waals surface area contributed by atoms with Crippen LogP contribution >= 0.6 is 0 Å². The minimum absolute atomic E-state index is 0.323. The lowest BCUT2D eigenvalue weighted by Gasteiger charge is -2.11. The summed E-state index contributed by atoms with van der Waals surface area (Å²) in [4.78, 5) is 3.75. The highest BCUT2D eigenvalue weighted by atomic mass is 19.4. The number of pyridine rings is 1. The van der Waals surface area contributed by atoms with E-state index >= 15 is 0 Å². The van der Waals surface area contributed by atoms with Gasteiger partial charge in [-0.15, -0.1) is 0 Å². The van der Waals surface area contributed by atoms with Crippen LogP contribution in [0.25, 0.3) is 0 Å². The molecule has 0 fully saturated rings. The summed E-state index contributed by atoms with van der Waals surface area (Å²) in [7, 11) is 0. The molecule has 4 heteroatoms. The van der Waals surface area contributed by atoms with Crippen LogP contribution in [0.5, 0.6) is 0 Å². The van der Waals surface area contributed by atoms with Crippen LogP contribution in [-0.2, 0) is 19.0 Å². The van der Waals surface area contributed by atoms with E-state index in [4.69, 9.17) is 0 Å². The van der Waals surface area contributed by atoms with Gasteiger partial charge in [-0.25, -0.2) is 0 Å². The number of alkyl halides is 3. The fraction of sp³-hybridized carbons (Fsp3) is 0.500. The standard InChI is InChI=1S/C10H12F3N/c1-3-7-5-8(4-2)14-6-9(7)10(11,12)13/h5-6H,3-4H2,1-2H3. The Kier molecular flexibility index (Phi) is 3.13. The fourth-order valence-corrected chi connectivity index (χ4v) is 1.29. The number of rotatable bonds is 2. The Labute approximate surface area is 81.0 Å². The van der Waals surface area contributed by atoms with E-state index in [1.165, 1.54) is 6.07 Å². The smallest absolute Gasteiger partial charge is 0.261 e. The molecule has 0 atom stereocenters. The van der Waals surface area contributed by atoms with Gasteiger partial charge in [0.05, 0.1) is 5.56 Å². The first-order chi connectivity index (χ1) is 6.49. The maximum Gasteiger partial charge on any atom is 0.418 e. The molecule has 1 aromatic rings. The van der Waals surface area contributed by atoms with E-state index in [1.54, 1.807) is 6.92 Å². The molecule has 0 N–H and O–H groups in total. The Bertz CT molecular complexity index is 318. The van der Waals surface area contributed by atoms with E-state index in [2.05, 4.69) is 4.98 Å². The highest BCUT2D eigenvalue weighted by molar-refractivity contribution is 5.29. The van der Waals surface area contributed by atoms with Crippen molar-refractivity contribution in [1.82, 2.24) is 4.98 Å². The van der Waals surface area contributed by atoms with Crippen LogP contribution in [0.1, 0.15) is 30.7 Å². The summed E-state index contributed by atoms with van der Waals surface area (Å²) in [5, 5.41) is 0. The average molecular weight is 203 g/mol. The molecular weight excluding hydrogens is 191 g/mol. The van der Waals surface area contributed by atoms with Crippen LogP contribution in [0.2, 0.25) is 0 Å². The Hall–Kier alpha value is -1.06. The summed E-state index contributed by atoms with van der Waals surface area (Å²) in [6.45, 7) is 3.58. The van der Waals surface area contributed by atoms with Crippen molar-refractivity contribution in [3.8, 4) is 0 Å². The summed E-state index contributed by atoms with van der Waals surface area (Å²) in [6, 6.07) is 1.53. The Balaban J connectivity index is 3.18. The lowest BCUT2D eigenvalue weighted by atomic mass is 10.1. The van der Waals surface area contributed by atoms with Crippen molar-refractivity contribution in [2.45, 2.75) is 32.9 Å². The molecule has 0 aliphatic rings. The third kappa shape index (κ3) is 2.25. The van der Waals surface area contributed by atoms with Crippen LogP contribution in [0.3, 0.4) is 0 Å². The molecule has 0 aromatic carbocycles.